The van der Waals surface area contributed by atoms with Crippen molar-refractivity contribution in [3.63, 3.8) is 0 Å². The molecule has 1 saturated heterocycles. The Morgan fingerprint density at radius 1 is 1.04 bits per heavy atom. The van der Waals surface area contributed by atoms with Gasteiger partial charge in [-0.3, -0.25) is 15.0 Å². The molecule has 0 radical (unpaired) electrons. The third kappa shape index (κ3) is 3.52. The molecule has 1 aliphatic rings. The summed E-state index contributed by atoms with van der Waals surface area (Å²) in [6.45, 7) is 1.67. The van der Waals surface area contributed by atoms with Gasteiger partial charge in [-0.05, 0) is 37.5 Å². The van der Waals surface area contributed by atoms with Crippen LogP contribution in [-0.2, 0) is 11.2 Å². The molecule has 1 aliphatic heterocycles. The molecule has 0 spiro atoms. The fourth-order valence-electron chi connectivity index (χ4n) is 2.75. The number of carbonyl (C=O) groups excluding carboxylic acids is 3. The largest absolute Gasteiger partial charge is 0.344 e. The molecule has 0 aromatic heterocycles. The van der Waals surface area contributed by atoms with Gasteiger partial charge < -0.3 is 5.32 Å². The number of carbonyl (C=O) groups is 3. The van der Waals surface area contributed by atoms with Gasteiger partial charge in [-0.15, -0.1) is 0 Å². The lowest BCUT2D eigenvalue weighted by Crippen LogP contribution is -2.48. The van der Waals surface area contributed by atoms with Gasteiger partial charge in [-0.25, -0.2) is 4.79 Å². The summed E-state index contributed by atoms with van der Waals surface area (Å²) in [6.07, 6.45) is 1.09. The molecule has 6 nitrogen and oxygen atoms in total. The summed E-state index contributed by atoms with van der Waals surface area (Å²) in [6, 6.07) is 17.5. The molecule has 0 saturated carbocycles. The first kappa shape index (κ1) is 16.7. The quantitative estimate of drug-likeness (QED) is 0.822. The van der Waals surface area contributed by atoms with E-state index in [-0.39, 0.29) is 0 Å². The third-order valence-electron chi connectivity index (χ3n) is 4.27. The van der Waals surface area contributed by atoms with Crippen molar-refractivity contribution in [2.75, 3.05) is 0 Å². The maximum Gasteiger partial charge on any atom is 0.344 e. The highest BCUT2D eigenvalue weighted by molar-refractivity contribution is 6.09. The average Bonchev–Trinajstić information content (AvgIpc) is 2.85. The van der Waals surface area contributed by atoms with Crippen LogP contribution >= 0.6 is 0 Å². The van der Waals surface area contributed by atoms with Crippen molar-refractivity contribution in [3.05, 3.63) is 71.8 Å². The smallest absolute Gasteiger partial charge is 0.322 e. The molecule has 1 heterocycles. The number of amides is 4. The number of aryl methyl sites for hydroxylation is 1. The van der Waals surface area contributed by atoms with Crippen LogP contribution in [0, 0.1) is 0 Å². The van der Waals surface area contributed by atoms with E-state index in [2.05, 4.69) is 10.7 Å². The molecule has 3 rings (SSSR count). The Morgan fingerprint density at radius 3 is 2.28 bits per heavy atom. The van der Waals surface area contributed by atoms with E-state index >= 15 is 0 Å². The van der Waals surface area contributed by atoms with Gasteiger partial charge in [0.15, 0.2) is 0 Å². The lowest BCUT2D eigenvalue weighted by atomic mass is 9.93. The van der Waals surface area contributed by atoms with Crippen LogP contribution in [0.15, 0.2) is 60.7 Å². The molecule has 128 valence electrons. The Labute approximate surface area is 145 Å². The van der Waals surface area contributed by atoms with Crippen LogP contribution in [0.5, 0.6) is 0 Å². The number of rotatable bonds is 5. The third-order valence-corrected chi connectivity index (χ3v) is 4.27. The first-order valence-corrected chi connectivity index (χ1v) is 8.06. The van der Waals surface area contributed by atoms with Gasteiger partial charge in [0.05, 0.1) is 0 Å². The van der Waals surface area contributed by atoms with Gasteiger partial charge in [0.25, 0.3) is 11.8 Å². The van der Waals surface area contributed by atoms with Crippen molar-refractivity contribution in [1.29, 1.82) is 0 Å². The van der Waals surface area contributed by atoms with Gasteiger partial charge in [-0.2, -0.15) is 5.01 Å². The molecule has 1 fully saturated rings. The van der Waals surface area contributed by atoms with E-state index in [0.717, 1.165) is 10.6 Å². The SMILES string of the molecule is C[C@]1(CCc2ccccc2)NC(=O)N(NC(=O)c2ccccc2)C1=O. The normalized spacial score (nSPS) is 19.6. The highest BCUT2D eigenvalue weighted by Gasteiger charge is 2.48. The molecule has 0 bridgehead atoms. The van der Waals surface area contributed by atoms with Gasteiger partial charge in [0.1, 0.15) is 5.54 Å². The second-order valence-electron chi connectivity index (χ2n) is 6.20. The molecule has 25 heavy (non-hydrogen) atoms. The zero-order chi connectivity index (χ0) is 17.9. The maximum atomic E-state index is 12.7. The molecular weight excluding hydrogens is 318 g/mol. The summed E-state index contributed by atoms with van der Waals surface area (Å²) in [4.78, 5) is 37.0. The molecule has 2 aromatic carbocycles. The van der Waals surface area contributed by atoms with Crippen LogP contribution < -0.4 is 10.7 Å². The summed E-state index contributed by atoms with van der Waals surface area (Å²) in [5.74, 6) is -0.964. The van der Waals surface area contributed by atoms with Crippen molar-refractivity contribution in [3.8, 4) is 0 Å². The summed E-state index contributed by atoms with van der Waals surface area (Å²) < 4.78 is 0. The molecule has 2 N–H and O–H groups in total. The zero-order valence-corrected chi connectivity index (χ0v) is 13.9. The number of imide groups is 1. The van der Waals surface area contributed by atoms with Crippen LogP contribution in [0.3, 0.4) is 0 Å². The minimum absolute atomic E-state index is 0.376. The lowest BCUT2D eigenvalue weighted by molar-refractivity contribution is -0.132. The van der Waals surface area contributed by atoms with E-state index in [0.29, 0.717) is 18.4 Å². The minimum atomic E-state index is -1.04. The molecule has 0 unspecified atom stereocenters. The monoisotopic (exact) mass is 337 g/mol. The zero-order valence-electron chi connectivity index (χ0n) is 13.9. The highest BCUT2D eigenvalue weighted by Crippen LogP contribution is 2.22. The standard InChI is InChI=1S/C19H19N3O3/c1-19(13-12-14-8-4-2-5-9-14)17(24)22(18(25)20-19)21-16(23)15-10-6-3-7-11-15/h2-11H,12-13H2,1H3,(H,20,25)(H,21,23)/t19-/m1/s1. The number of nitrogens with one attached hydrogen (secondary N) is 2. The average molecular weight is 337 g/mol. The number of urea groups is 1. The second kappa shape index (κ2) is 6.76. The summed E-state index contributed by atoms with van der Waals surface area (Å²) >= 11 is 0. The summed E-state index contributed by atoms with van der Waals surface area (Å²) in [5.41, 5.74) is 2.79. The number of hydrazine groups is 1. The molecule has 4 amide bonds. The Bertz CT molecular complexity index is 792. The van der Waals surface area contributed by atoms with Gasteiger partial charge >= 0.3 is 6.03 Å². The highest BCUT2D eigenvalue weighted by atomic mass is 16.2. The Kier molecular flexibility index (Phi) is 4.52. The Balaban J connectivity index is 1.68. The van der Waals surface area contributed by atoms with E-state index in [1.807, 2.05) is 30.3 Å². The topological polar surface area (TPSA) is 78.5 Å². The van der Waals surface area contributed by atoms with Crippen LogP contribution in [0.25, 0.3) is 0 Å². The van der Waals surface area contributed by atoms with E-state index in [4.69, 9.17) is 0 Å². The van der Waals surface area contributed by atoms with Crippen molar-refractivity contribution in [2.24, 2.45) is 0 Å². The second-order valence-corrected chi connectivity index (χ2v) is 6.20. The molecule has 1 atom stereocenters. The summed E-state index contributed by atoms with van der Waals surface area (Å²) in [5, 5.41) is 3.44. The first-order chi connectivity index (χ1) is 12.0. The van der Waals surface area contributed by atoms with E-state index < -0.39 is 23.4 Å². The molecule has 2 aromatic rings. The van der Waals surface area contributed by atoms with Crippen molar-refractivity contribution < 1.29 is 14.4 Å². The van der Waals surface area contributed by atoms with E-state index in [9.17, 15) is 14.4 Å². The number of benzene rings is 2. The lowest BCUT2D eigenvalue weighted by Gasteiger charge is -2.21. The fraction of sp³-hybridized carbons (Fsp3) is 0.211. The van der Waals surface area contributed by atoms with Crippen molar-refractivity contribution >= 4 is 17.8 Å². The summed E-state index contributed by atoms with van der Waals surface area (Å²) in [7, 11) is 0. The van der Waals surface area contributed by atoms with Gasteiger partial charge in [0.2, 0.25) is 0 Å². The first-order valence-electron chi connectivity index (χ1n) is 8.06. The van der Waals surface area contributed by atoms with Crippen LogP contribution in [0.1, 0.15) is 29.3 Å². The Morgan fingerprint density at radius 2 is 1.64 bits per heavy atom. The molecule has 6 heteroatoms. The maximum absolute atomic E-state index is 12.7. The van der Waals surface area contributed by atoms with E-state index in [1.54, 1.807) is 37.3 Å². The number of hydrogen-bond donors (Lipinski definition) is 2. The van der Waals surface area contributed by atoms with Crippen molar-refractivity contribution in [2.45, 2.75) is 25.3 Å². The van der Waals surface area contributed by atoms with Crippen LogP contribution in [-0.4, -0.2) is 28.4 Å². The number of hydrogen-bond acceptors (Lipinski definition) is 3. The molecular formula is C19H19N3O3. The van der Waals surface area contributed by atoms with Gasteiger partial charge in [0, 0.05) is 5.56 Å². The fourth-order valence-corrected chi connectivity index (χ4v) is 2.75. The predicted octanol–water partition coefficient (Wildman–Crippen LogP) is 2.27. The number of nitrogens with zero attached hydrogens (tertiary/aromatic N) is 1. The Hall–Kier alpha value is -3.15. The minimum Gasteiger partial charge on any atom is -0.322 e. The van der Waals surface area contributed by atoms with Crippen LogP contribution in [0.4, 0.5) is 4.79 Å². The predicted molar refractivity (Wildman–Crippen MR) is 92.5 cm³/mol. The molecule has 0 aliphatic carbocycles. The van der Waals surface area contributed by atoms with Gasteiger partial charge in [-0.1, -0.05) is 48.5 Å². The van der Waals surface area contributed by atoms with Crippen LogP contribution in [0.2, 0.25) is 0 Å². The van der Waals surface area contributed by atoms with E-state index in [1.165, 1.54) is 0 Å². The van der Waals surface area contributed by atoms with Crippen molar-refractivity contribution in [1.82, 2.24) is 15.8 Å².